The summed E-state index contributed by atoms with van der Waals surface area (Å²) in [5, 5.41) is 0.478. The van der Waals surface area contributed by atoms with Gasteiger partial charge in [-0.05, 0) is 62.5 Å². The lowest BCUT2D eigenvalue weighted by atomic mass is 10.2. The van der Waals surface area contributed by atoms with Gasteiger partial charge in [0, 0.05) is 5.02 Å². The molecular formula is C11H8Br2ClN3O2S. The number of hydrogen-bond donors (Lipinski definition) is 1. The molecule has 0 saturated heterocycles. The summed E-state index contributed by atoms with van der Waals surface area (Å²) in [6.45, 7) is 1.67. The Kier molecular flexibility index (Phi) is 4.68. The fourth-order valence-electron chi connectivity index (χ4n) is 1.51. The summed E-state index contributed by atoms with van der Waals surface area (Å²) in [6, 6.07) is 4.55. The van der Waals surface area contributed by atoms with Gasteiger partial charge in [0.25, 0.3) is 10.0 Å². The van der Waals surface area contributed by atoms with Gasteiger partial charge in [0.15, 0.2) is 10.4 Å². The zero-order chi connectivity index (χ0) is 14.9. The third kappa shape index (κ3) is 3.49. The number of sulfonamides is 1. The van der Waals surface area contributed by atoms with E-state index in [2.05, 4.69) is 46.5 Å². The molecule has 106 valence electrons. The van der Waals surface area contributed by atoms with Crippen molar-refractivity contribution >= 4 is 59.3 Å². The van der Waals surface area contributed by atoms with Gasteiger partial charge >= 0.3 is 0 Å². The smallest absolute Gasteiger partial charge is 0.261 e. The number of rotatable bonds is 3. The average molecular weight is 442 g/mol. The molecule has 5 nitrogen and oxygen atoms in total. The maximum absolute atomic E-state index is 12.3. The Bertz CT molecular complexity index is 768. The zero-order valence-electron chi connectivity index (χ0n) is 10.1. The van der Waals surface area contributed by atoms with Crippen molar-refractivity contribution in [2.45, 2.75) is 11.8 Å². The first kappa shape index (κ1) is 15.7. The predicted molar refractivity (Wildman–Crippen MR) is 84.4 cm³/mol. The van der Waals surface area contributed by atoms with Gasteiger partial charge in [-0.15, -0.1) is 0 Å². The SMILES string of the molecule is Cc1cc(Cl)ccc1S(=O)(=O)Nc1ncc(Br)nc1Br. The summed E-state index contributed by atoms with van der Waals surface area (Å²) in [4.78, 5) is 8.11. The highest BCUT2D eigenvalue weighted by Crippen LogP contribution is 2.25. The Morgan fingerprint density at radius 1 is 1.30 bits per heavy atom. The normalized spacial score (nSPS) is 11.4. The van der Waals surface area contributed by atoms with E-state index in [1.165, 1.54) is 18.3 Å². The number of aromatic nitrogens is 2. The second-order valence-electron chi connectivity index (χ2n) is 3.85. The first-order valence-electron chi connectivity index (χ1n) is 5.26. The standard InChI is InChI=1S/C11H8Br2ClN3O2S/c1-6-4-7(14)2-3-8(6)20(18,19)17-11-10(13)16-9(12)5-15-11/h2-5H,1H3,(H,15,17). The largest absolute Gasteiger partial charge is 0.263 e. The Balaban J connectivity index is 2.41. The van der Waals surface area contributed by atoms with Gasteiger partial charge in [0.1, 0.15) is 4.60 Å². The van der Waals surface area contributed by atoms with E-state index >= 15 is 0 Å². The molecule has 2 aromatic rings. The van der Waals surface area contributed by atoms with E-state index < -0.39 is 10.0 Å². The van der Waals surface area contributed by atoms with Crippen molar-refractivity contribution in [3.05, 3.63) is 44.2 Å². The number of nitrogens with zero attached hydrogens (tertiary/aromatic N) is 2. The molecule has 0 aliphatic heterocycles. The molecular weight excluding hydrogens is 433 g/mol. The van der Waals surface area contributed by atoms with Crippen molar-refractivity contribution in [2.75, 3.05) is 4.72 Å². The summed E-state index contributed by atoms with van der Waals surface area (Å²) in [6.07, 6.45) is 1.40. The maximum Gasteiger partial charge on any atom is 0.263 e. The van der Waals surface area contributed by atoms with Crippen molar-refractivity contribution in [1.29, 1.82) is 0 Å². The number of anilines is 1. The molecule has 0 saturated carbocycles. The quantitative estimate of drug-likeness (QED) is 0.787. The Morgan fingerprint density at radius 2 is 2.00 bits per heavy atom. The lowest BCUT2D eigenvalue weighted by molar-refractivity contribution is 0.600. The molecule has 9 heteroatoms. The van der Waals surface area contributed by atoms with Gasteiger partial charge in [-0.2, -0.15) is 0 Å². The summed E-state index contributed by atoms with van der Waals surface area (Å²) in [5.41, 5.74) is 0.547. The van der Waals surface area contributed by atoms with E-state index in [1.807, 2.05) is 0 Å². The molecule has 0 amide bonds. The summed E-state index contributed by atoms with van der Waals surface area (Å²) in [7, 11) is -3.75. The third-order valence-corrected chi connectivity index (χ3v) is 5.03. The van der Waals surface area contributed by atoms with E-state index in [9.17, 15) is 8.42 Å². The van der Waals surface area contributed by atoms with Crippen LogP contribution in [0.3, 0.4) is 0 Å². The van der Waals surface area contributed by atoms with Crippen LogP contribution >= 0.6 is 43.5 Å². The molecule has 20 heavy (non-hydrogen) atoms. The number of hydrogen-bond acceptors (Lipinski definition) is 4. The van der Waals surface area contributed by atoms with Crippen LogP contribution in [0, 0.1) is 6.92 Å². The Labute approximate surface area is 138 Å². The zero-order valence-corrected chi connectivity index (χ0v) is 14.8. The molecule has 0 radical (unpaired) electrons. The molecule has 0 bridgehead atoms. The second kappa shape index (κ2) is 5.97. The molecule has 0 unspecified atom stereocenters. The molecule has 0 atom stereocenters. The Morgan fingerprint density at radius 3 is 2.60 bits per heavy atom. The second-order valence-corrected chi connectivity index (χ2v) is 7.50. The van der Waals surface area contributed by atoms with Crippen LogP contribution in [-0.2, 0) is 10.0 Å². The summed E-state index contributed by atoms with van der Waals surface area (Å²) in [5.74, 6) is 0.113. The van der Waals surface area contributed by atoms with E-state index in [0.717, 1.165) is 0 Å². The van der Waals surface area contributed by atoms with E-state index in [0.29, 0.717) is 19.8 Å². The average Bonchev–Trinajstić information content (AvgIpc) is 2.32. The van der Waals surface area contributed by atoms with Crippen LogP contribution in [-0.4, -0.2) is 18.4 Å². The van der Waals surface area contributed by atoms with Gasteiger partial charge in [-0.1, -0.05) is 11.6 Å². The first-order valence-corrected chi connectivity index (χ1v) is 8.71. The molecule has 0 fully saturated rings. The number of benzene rings is 1. The highest BCUT2D eigenvalue weighted by Gasteiger charge is 2.19. The highest BCUT2D eigenvalue weighted by molar-refractivity contribution is 9.11. The van der Waals surface area contributed by atoms with E-state index in [-0.39, 0.29) is 10.7 Å². The Hall–Kier alpha value is -0.700. The van der Waals surface area contributed by atoms with Gasteiger partial charge in [0.2, 0.25) is 0 Å². The predicted octanol–water partition coefficient (Wildman–Crippen LogP) is 3.76. The van der Waals surface area contributed by atoms with Gasteiger partial charge < -0.3 is 0 Å². The minimum atomic E-state index is -3.75. The highest BCUT2D eigenvalue weighted by atomic mass is 79.9. The molecule has 2 rings (SSSR count). The van der Waals surface area contributed by atoms with Crippen molar-refractivity contribution in [3.63, 3.8) is 0 Å². The number of aryl methyl sites for hydroxylation is 1. The molecule has 1 N–H and O–H groups in total. The molecule has 1 aromatic heterocycles. The fourth-order valence-corrected chi connectivity index (χ4v) is 4.02. The molecule has 0 spiro atoms. The topological polar surface area (TPSA) is 72.0 Å². The van der Waals surface area contributed by atoms with Gasteiger partial charge in [-0.25, -0.2) is 18.4 Å². The van der Waals surface area contributed by atoms with Crippen molar-refractivity contribution in [3.8, 4) is 0 Å². The van der Waals surface area contributed by atoms with Crippen LogP contribution in [0.5, 0.6) is 0 Å². The van der Waals surface area contributed by atoms with E-state index in [1.54, 1.807) is 13.0 Å². The minimum absolute atomic E-state index is 0.113. The molecule has 0 aliphatic rings. The fraction of sp³-hybridized carbons (Fsp3) is 0.0909. The first-order chi connectivity index (χ1) is 9.29. The van der Waals surface area contributed by atoms with Crippen molar-refractivity contribution in [2.24, 2.45) is 0 Å². The molecule has 1 aromatic carbocycles. The van der Waals surface area contributed by atoms with Crippen LogP contribution in [0.1, 0.15) is 5.56 Å². The lowest BCUT2D eigenvalue weighted by Crippen LogP contribution is -2.15. The van der Waals surface area contributed by atoms with Crippen LogP contribution < -0.4 is 4.72 Å². The summed E-state index contributed by atoms with van der Waals surface area (Å²) < 4.78 is 27.8. The van der Waals surface area contributed by atoms with Gasteiger partial charge in [0.05, 0.1) is 11.1 Å². The van der Waals surface area contributed by atoms with Gasteiger partial charge in [-0.3, -0.25) is 4.72 Å². The monoisotopic (exact) mass is 439 g/mol. The third-order valence-electron chi connectivity index (χ3n) is 2.36. The minimum Gasteiger partial charge on any atom is -0.261 e. The molecule has 1 heterocycles. The number of nitrogens with one attached hydrogen (secondary N) is 1. The van der Waals surface area contributed by atoms with Crippen LogP contribution in [0.2, 0.25) is 5.02 Å². The number of halogens is 3. The van der Waals surface area contributed by atoms with E-state index in [4.69, 9.17) is 11.6 Å². The lowest BCUT2D eigenvalue weighted by Gasteiger charge is -2.10. The van der Waals surface area contributed by atoms with Crippen molar-refractivity contribution < 1.29 is 8.42 Å². The molecule has 0 aliphatic carbocycles. The van der Waals surface area contributed by atoms with Crippen molar-refractivity contribution in [1.82, 2.24) is 9.97 Å². The van der Waals surface area contributed by atoms with Crippen LogP contribution in [0.15, 0.2) is 38.5 Å². The maximum atomic E-state index is 12.3. The van der Waals surface area contributed by atoms with Crippen LogP contribution in [0.25, 0.3) is 0 Å². The summed E-state index contributed by atoms with van der Waals surface area (Å²) >= 11 is 12.1. The van der Waals surface area contributed by atoms with Crippen LogP contribution in [0.4, 0.5) is 5.82 Å².